The zero-order valence-electron chi connectivity index (χ0n) is 18.5. The van der Waals surface area contributed by atoms with Crippen LogP contribution < -0.4 is 9.46 Å². The predicted molar refractivity (Wildman–Crippen MR) is 126 cm³/mol. The zero-order valence-corrected chi connectivity index (χ0v) is 20.1. The topological polar surface area (TPSA) is 99.0 Å². The van der Waals surface area contributed by atoms with Gasteiger partial charge in [-0.1, -0.05) is 35.9 Å². The van der Waals surface area contributed by atoms with Gasteiger partial charge < -0.3 is 9.30 Å². The maximum Gasteiger partial charge on any atom is 0.431 e. The van der Waals surface area contributed by atoms with Crippen molar-refractivity contribution in [3.63, 3.8) is 0 Å². The fourth-order valence-corrected chi connectivity index (χ4v) is 5.12. The molecule has 1 N–H and O–H groups in total. The van der Waals surface area contributed by atoms with E-state index in [1.54, 1.807) is 28.8 Å². The first kappa shape index (κ1) is 24.3. The largest absolute Gasteiger partial charge is 0.455 e. The van der Waals surface area contributed by atoms with Crippen molar-refractivity contribution in [1.29, 1.82) is 0 Å². The third-order valence-electron chi connectivity index (χ3n) is 5.51. The molecule has 1 aliphatic carbocycles. The van der Waals surface area contributed by atoms with Crippen LogP contribution in [0.4, 0.5) is 19.0 Å². The van der Waals surface area contributed by atoms with E-state index >= 15 is 0 Å². The Balaban J connectivity index is 1.55. The zero-order chi connectivity index (χ0) is 25.5. The molecule has 4 aromatic rings. The molecule has 2 heterocycles. The van der Waals surface area contributed by atoms with Crippen molar-refractivity contribution < 1.29 is 26.3 Å². The molecule has 5 rings (SSSR count). The molecule has 0 amide bonds. The van der Waals surface area contributed by atoms with Crippen LogP contribution >= 0.6 is 11.6 Å². The summed E-state index contributed by atoms with van der Waals surface area (Å²) in [6.07, 6.45) is -2.73. The molecule has 2 aromatic heterocycles. The van der Waals surface area contributed by atoms with Gasteiger partial charge in [0.25, 0.3) is 15.9 Å². The Labute approximate surface area is 209 Å². The minimum absolute atomic E-state index is 0.0735. The number of hydrogen-bond donors (Lipinski definition) is 1. The molecule has 2 aromatic carbocycles. The number of hydrogen-bond acceptors (Lipinski definition) is 6. The Morgan fingerprint density at radius 2 is 1.75 bits per heavy atom. The van der Waals surface area contributed by atoms with Crippen molar-refractivity contribution in [3.05, 3.63) is 71.8 Å². The smallest absolute Gasteiger partial charge is 0.431 e. The third-order valence-corrected chi connectivity index (χ3v) is 7.35. The van der Waals surface area contributed by atoms with Gasteiger partial charge in [-0.15, -0.1) is 0 Å². The highest BCUT2D eigenvalue weighted by atomic mass is 35.5. The van der Waals surface area contributed by atoms with Gasteiger partial charge >= 0.3 is 6.18 Å². The van der Waals surface area contributed by atoms with Gasteiger partial charge in [0.1, 0.15) is 10.6 Å². The van der Waals surface area contributed by atoms with E-state index in [4.69, 9.17) is 16.3 Å². The number of halogens is 4. The normalized spacial score (nSPS) is 15.1. The number of fused-ring (bicyclic) bond motifs is 1. The predicted octanol–water partition coefficient (Wildman–Crippen LogP) is 5.37. The Kier molecular flexibility index (Phi) is 6.25. The van der Waals surface area contributed by atoms with Crippen molar-refractivity contribution in [1.82, 2.24) is 19.5 Å². The molecule has 0 bridgehead atoms. The number of sulfonamides is 1. The molecule has 0 saturated heterocycles. The minimum atomic E-state index is -4.87. The van der Waals surface area contributed by atoms with Crippen molar-refractivity contribution in [2.45, 2.75) is 36.6 Å². The molecule has 8 nitrogen and oxygen atoms in total. The molecule has 13 heteroatoms. The summed E-state index contributed by atoms with van der Waals surface area (Å²) in [5.41, 5.74) is 0.0883. The van der Waals surface area contributed by atoms with Crippen LogP contribution in [0.3, 0.4) is 0 Å². The van der Waals surface area contributed by atoms with E-state index in [9.17, 15) is 21.6 Å². The number of imidazole rings is 1. The van der Waals surface area contributed by atoms with Gasteiger partial charge in [-0.25, -0.2) is 23.4 Å². The number of anilines is 1. The molecule has 1 fully saturated rings. The van der Waals surface area contributed by atoms with Gasteiger partial charge in [-0.3, -0.25) is 4.72 Å². The van der Waals surface area contributed by atoms with E-state index in [0.717, 1.165) is 12.8 Å². The molecule has 1 unspecified atom stereocenters. The standard InChI is InChI=1S/C23H19ClF3N5O3S/c24-15-5-1-4-8-19(15)36(33,34)31-21-22(30-17-7-3-2-6-16(17)29-21)35-20(23(25,26)27)18-12-32(13-28-18)11-14-9-10-14/h1-8,12-14,20H,9-11H2,(H,29,31). The van der Waals surface area contributed by atoms with Gasteiger partial charge in [0, 0.05) is 12.7 Å². The first-order chi connectivity index (χ1) is 17.1. The summed E-state index contributed by atoms with van der Waals surface area (Å²) in [5, 5.41) is -0.0735. The summed E-state index contributed by atoms with van der Waals surface area (Å²) in [7, 11) is -4.34. The van der Waals surface area contributed by atoms with Crippen LogP contribution in [0.25, 0.3) is 11.0 Å². The molecule has 0 aliphatic heterocycles. The monoisotopic (exact) mass is 537 g/mol. The fraction of sp³-hybridized carbons (Fsp3) is 0.261. The lowest BCUT2D eigenvalue weighted by molar-refractivity contribution is -0.199. The van der Waals surface area contributed by atoms with Crippen LogP contribution in [0.1, 0.15) is 24.6 Å². The molecular formula is C23H19ClF3N5O3S. The highest BCUT2D eigenvalue weighted by Gasteiger charge is 2.45. The molecule has 188 valence electrons. The Bertz CT molecular complexity index is 1520. The quantitative estimate of drug-likeness (QED) is 0.324. The average molecular weight is 538 g/mol. The summed E-state index contributed by atoms with van der Waals surface area (Å²) in [4.78, 5) is 11.9. The van der Waals surface area contributed by atoms with Crippen molar-refractivity contribution >= 4 is 38.5 Å². The van der Waals surface area contributed by atoms with Crippen LogP contribution in [-0.2, 0) is 16.6 Å². The summed E-state index contributed by atoms with van der Waals surface area (Å²) < 4.78 is 77.4. The number of para-hydroxylation sites is 2. The highest BCUT2D eigenvalue weighted by Crippen LogP contribution is 2.39. The first-order valence-corrected chi connectivity index (χ1v) is 12.8. The van der Waals surface area contributed by atoms with E-state index in [1.165, 1.54) is 36.8 Å². The molecule has 1 saturated carbocycles. The number of aromatic nitrogens is 4. The molecule has 0 spiro atoms. The molecule has 0 radical (unpaired) electrons. The number of rotatable bonds is 8. The summed E-state index contributed by atoms with van der Waals surface area (Å²) >= 11 is 6.03. The Hall–Kier alpha value is -3.38. The summed E-state index contributed by atoms with van der Waals surface area (Å²) in [5.74, 6) is -0.738. The second kappa shape index (κ2) is 9.25. The van der Waals surface area contributed by atoms with Gasteiger partial charge in [0.2, 0.25) is 11.9 Å². The number of nitrogens with zero attached hydrogens (tertiary/aromatic N) is 4. The highest BCUT2D eigenvalue weighted by molar-refractivity contribution is 7.92. The fourth-order valence-electron chi connectivity index (χ4n) is 3.60. The number of nitrogens with one attached hydrogen (secondary N) is 1. The number of ether oxygens (including phenoxy) is 1. The third kappa shape index (κ3) is 5.24. The maximum atomic E-state index is 14.1. The second-order valence-electron chi connectivity index (χ2n) is 8.38. The van der Waals surface area contributed by atoms with E-state index in [0.29, 0.717) is 12.5 Å². The summed E-state index contributed by atoms with van der Waals surface area (Å²) in [6.45, 7) is 0.566. The minimum Gasteiger partial charge on any atom is -0.455 e. The van der Waals surface area contributed by atoms with Crippen LogP contribution in [0.2, 0.25) is 5.02 Å². The number of alkyl halides is 3. The van der Waals surface area contributed by atoms with E-state index in [-0.39, 0.29) is 26.6 Å². The van der Waals surface area contributed by atoms with Gasteiger partial charge in [0.05, 0.1) is 22.4 Å². The first-order valence-electron chi connectivity index (χ1n) is 10.9. The Morgan fingerprint density at radius 3 is 2.42 bits per heavy atom. The van der Waals surface area contributed by atoms with Crippen LogP contribution in [0.15, 0.2) is 66.0 Å². The van der Waals surface area contributed by atoms with Crippen molar-refractivity contribution in [2.75, 3.05) is 4.72 Å². The lowest BCUT2D eigenvalue weighted by Gasteiger charge is -2.21. The molecule has 36 heavy (non-hydrogen) atoms. The van der Waals surface area contributed by atoms with E-state index < -0.39 is 34.0 Å². The molecule has 1 aliphatic rings. The van der Waals surface area contributed by atoms with Crippen molar-refractivity contribution in [3.8, 4) is 5.88 Å². The van der Waals surface area contributed by atoms with Crippen LogP contribution in [0.5, 0.6) is 5.88 Å². The van der Waals surface area contributed by atoms with Crippen molar-refractivity contribution in [2.24, 2.45) is 5.92 Å². The lowest BCUT2D eigenvalue weighted by Crippen LogP contribution is -2.27. The molecule has 1 atom stereocenters. The lowest BCUT2D eigenvalue weighted by atomic mass is 10.2. The number of benzene rings is 2. The van der Waals surface area contributed by atoms with Crippen LogP contribution in [-0.4, -0.2) is 34.1 Å². The maximum absolute atomic E-state index is 14.1. The SMILES string of the molecule is O=S(=O)(Nc1nc2ccccc2nc1OC(c1cn(CC2CC2)cn1)C(F)(F)F)c1ccccc1Cl. The second-order valence-corrected chi connectivity index (χ2v) is 10.4. The van der Waals surface area contributed by atoms with Gasteiger partial charge in [-0.2, -0.15) is 13.2 Å². The average Bonchev–Trinajstić information content (AvgIpc) is 3.51. The Morgan fingerprint density at radius 1 is 1.08 bits per heavy atom. The van der Waals surface area contributed by atoms with Gasteiger partial charge in [-0.05, 0) is 43.0 Å². The van der Waals surface area contributed by atoms with E-state index in [2.05, 4.69) is 19.7 Å². The van der Waals surface area contributed by atoms with Gasteiger partial charge in [0.15, 0.2) is 0 Å². The molecular weight excluding hydrogens is 519 g/mol. The van der Waals surface area contributed by atoms with E-state index in [1.807, 2.05) is 0 Å². The van der Waals surface area contributed by atoms with Crippen LogP contribution in [0, 0.1) is 5.92 Å². The summed E-state index contributed by atoms with van der Waals surface area (Å²) in [6, 6.07) is 11.9.